The van der Waals surface area contributed by atoms with Crippen molar-refractivity contribution in [2.45, 2.75) is 19.9 Å². The van der Waals surface area contributed by atoms with Gasteiger partial charge in [-0.25, -0.2) is 0 Å². The van der Waals surface area contributed by atoms with Crippen molar-refractivity contribution >= 4 is 40.4 Å². The molecule has 2 aromatic rings. The third-order valence-electron chi connectivity index (χ3n) is 4.98. The Labute approximate surface area is 172 Å². The van der Waals surface area contributed by atoms with Crippen molar-refractivity contribution in [3.05, 3.63) is 39.5 Å². The minimum Gasteiger partial charge on any atom is -0.486 e. The van der Waals surface area contributed by atoms with Crippen LogP contribution >= 0.6 is 22.9 Å². The minimum atomic E-state index is -0.351. The van der Waals surface area contributed by atoms with Gasteiger partial charge >= 0.3 is 0 Å². The maximum atomic E-state index is 13.0. The molecule has 148 valence electrons. The SMILES string of the molecule is CCN(Cc1ccc(Cl)s1)C(=O)C1CC(=O)N(c2ccc3c(c2)OCCO3)C1. The first-order valence-corrected chi connectivity index (χ1v) is 10.5. The Kier molecular flexibility index (Phi) is 5.46. The summed E-state index contributed by atoms with van der Waals surface area (Å²) < 4.78 is 11.9. The quantitative estimate of drug-likeness (QED) is 0.741. The zero-order valence-electron chi connectivity index (χ0n) is 15.5. The number of nitrogens with zero attached hydrogens (tertiary/aromatic N) is 2. The van der Waals surface area contributed by atoms with E-state index in [4.69, 9.17) is 21.1 Å². The number of ether oxygens (including phenoxy) is 2. The summed E-state index contributed by atoms with van der Waals surface area (Å²) in [6.07, 6.45) is 0.217. The van der Waals surface area contributed by atoms with Gasteiger partial charge in [-0.3, -0.25) is 9.59 Å². The molecule has 0 bridgehead atoms. The van der Waals surface area contributed by atoms with E-state index in [9.17, 15) is 9.59 Å². The van der Waals surface area contributed by atoms with E-state index in [0.717, 1.165) is 10.6 Å². The molecule has 1 unspecified atom stereocenters. The molecule has 1 fully saturated rings. The molecular formula is C20H21ClN2O4S. The molecule has 0 N–H and O–H groups in total. The summed E-state index contributed by atoms with van der Waals surface area (Å²) >= 11 is 7.47. The zero-order valence-corrected chi connectivity index (χ0v) is 17.1. The lowest BCUT2D eigenvalue weighted by Crippen LogP contribution is -2.36. The van der Waals surface area contributed by atoms with Crippen LogP contribution < -0.4 is 14.4 Å². The standard InChI is InChI=1S/C20H21ClN2O4S/c1-2-22(12-15-4-6-18(21)28-15)20(25)13-9-19(24)23(11-13)14-3-5-16-17(10-14)27-8-7-26-16/h3-6,10,13H,2,7-9,11-12H2,1H3. The highest BCUT2D eigenvalue weighted by molar-refractivity contribution is 7.16. The molecule has 0 saturated carbocycles. The second kappa shape index (κ2) is 8.01. The van der Waals surface area contributed by atoms with Crippen molar-refractivity contribution in [3.63, 3.8) is 0 Å². The summed E-state index contributed by atoms with van der Waals surface area (Å²) in [5.74, 6) is 0.916. The van der Waals surface area contributed by atoms with Crippen molar-refractivity contribution < 1.29 is 19.1 Å². The number of halogens is 1. The van der Waals surface area contributed by atoms with E-state index in [2.05, 4.69) is 0 Å². The van der Waals surface area contributed by atoms with Gasteiger partial charge in [0.15, 0.2) is 11.5 Å². The predicted octanol–water partition coefficient (Wildman–Crippen LogP) is 3.57. The third-order valence-corrected chi connectivity index (χ3v) is 6.20. The molecule has 2 aliphatic heterocycles. The second-order valence-corrected chi connectivity index (χ2v) is 8.59. The molecule has 8 heteroatoms. The van der Waals surface area contributed by atoms with Gasteiger partial charge in [0, 0.05) is 36.1 Å². The first-order valence-electron chi connectivity index (χ1n) is 9.28. The molecule has 28 heavy (non-hydrogen) atoms. The number of rotatable bonds is 5. The first kappa shape index (κ1) is 19.1. The molecule has 1 aromatic heterocycles. The summed E-state index contributed by atoms with van der Waals surface area (Å²) in [6.45, 7) is 4.43. The van der Waals surface area contributed by atoms with E-state index in [1.165, 1.54) is 11.3 Å². The fourth-order valence-corrected chi connectivity index (χ4v) is 4.65. The van der Waals surface area contributed by atoms with E-state index in [1.807, 2.05) is 37.3 Å². The molecule has 6 nitrogen and oxygen atoms in total. The van der Waals surface area contributed by atoms with Crippen LogP contribution in [0.25, 0.3) is 0 Å². The molecule has 1 atom stereocenters. The molecule has 2 aliphatic rings. The van der Waals surface area contributed by atoms with Crippen LogP contribution in [0.3, 0.4) is 0 Å². The van der Waals surface area contributed by atoms with Crippen LogP contribution in [0.1, 0.15) is 18.2 Å². The maximum Gasteiger partial charge on any atom is 0.228 e. The molecule has 0 aliphatic carbocycles. The van der Waals surface area contributed by atoms with Crippen LogP contribution in [-0.2, 0) is 16.1 Å². The fraction of sp³-hybridized carbons (Fsp3) is 0.400. The van der Waals surface area contributed by atoms with Gasteiger partial charge in [-0.05, 0) is 31.2 Å². The second-order valence-electron chi connectivity index (χ2n) is 6.79. The van der Waals surface area contributed by atoms with E-state index < -0.39 is 0 Å². The summed E-state index contributed by atoms with van der Waals surface area (Å²) in [7, 11) is 0. The van der Waals surface area contributed by atoms with Gasteiger partial charge < -0.3 is 19.3 Å². The van der Waals surface area contributed by atoms with Crippen LogP contribution in [0.2, 0.25) is 4.34 Å². The van der Waals surface area contributed by atoms with Crippen LogP contribution in [-0.4, -0.2) is 43.0 Å². The summed E-state index contributed by atoms with van der Waals surface area (Å²) in [5, 5.41) is 0. The number of thiophene rings is 1. The van der Waals surface area contributed by atoms with Gasteiger partial charge in [0.1, 0.15) is 13.2 Å². The molecular weight excluding hydrogens is 400 g/mol. The fourth-order valence-electron chi connectivity index (χ4n) is 3.55. The van der Waals surface area contributed by atoms with Crippen LogP contribution in [0.15, 0.2) is 30.3 Å². The predicted molar refractivity (Wildman–Crippen MR) is 108 cm³/mol. The Hall–Kier alpha value is -2.25. The molecule has 2 amide bonds. The monoisotopic (exact) mass is 420 g/mol. The van der Waals surface area contributed by atoms with Gasteiger partial charge in [0.25, 0.3) is 0 Å². The molecule has 0 radical (unpaired) electrons. The molecule has 1 aromatic carbocycles. The average Bonchev–Trinajstić information content (AvgIpc) is 3.30. The number of hydrogen-bond donors (Lipinski definition) is 0. The summed E-state index contributed by atoms with van der Waals surface area (Å²) in [4.78, 5) is 30.1. The van der Waals surface area contributed by atoms with Gasteiger partial charge in [-0.15, -0.1) is 11.3 Å². The van der Waals surface area contributed by atoms with E-state index >= 15 is 0 Å². The van der Waals surface area contributed by atoms with E-state index in [1.54, 1.807) is 9.80 Å². The zero-order chi connectivity index (χ0) is 19.7. The topological polar surface area (TPSA) is 59.1 Å². The van der Waals surface area contributed by atoms with E-state index in [0.29, 0.717) is 48.7 Å². The van der Waals surface area contributed by atoms with Gasteiger partial charge in [0.05, 0.1) is 16.8 Å². The third kappa shape index (κ3) is 3.82. The van der Waals surface area contributed by atoms with E-state index in [-0.39, 0.29) is 24.2 Å². The lowest BCUT2D eigenvalue weighted by molar-refractivity contribution is -0.136. The number of amides is 2. The van der Waals surface area contributed by atoms with Gasteiger partial charge in [-0.2, -0.15) is 0 Å². The number of carbonyl (C=O) groups excluding carboxylic acids is 2. The number of carbonyl (C=O) groups is 2. The minimum absolute atomic E-state index is 0.000385. The highest BCUT2D eigenvalue weighted by Crippen LogP contribution is 2.36. The van der Waals surface area contributed by atoms with Crippen molar-refractivity contribution in [2.24, 2.45) is 5.92 Å². The van der Waals surface area contributed by atoms with Crippen molar-refractivity contribution in [3.8, 4) is 11.5 Å². The number of hydrogen-bond acceptors (Lipinski definition) is 5. The Morgan fingerprint density at radius 3 is 2.75 bits per heavy atom. The Bertz CT molecular complexity index is 900. The normalized spacial score (nSPS) is 18.4. The van der Waals surface area contributed by atoms with Crippen molar-refractivity contribution in [1.29, 1.82) is 0 Å². The number of fused-ring (bicyclic) bond motifs is 1. The van der Waals surface area contributed by atoms with Crippen molar-refractivity contribution in [1.82, 2.24) is 4.90 Å². The largest absolute Gasteiger partial charge is 0.486 e. The highest BCUT2D eigenvalue weighted by Gasteiger charge is 2.37. The summed E-state index contributed by atoms with van der Waals surface area (Å²) in [6, 6.07) is 9.23. The lowest BCUT2D eigenvalue weighted by atomic mass is 10.1. The first-order chi connectivity index (χ1) is 13.5. The smallest absolute Gasteiger partial charge is 0.228 e. The maximum absolute atomic E-state index is 13.0. The molecule has 4 rings (SSSR count). The number of anilines is 1. The Balaban J connectivity index is 1.46. The molecule has 0 spiro atoms. The summed E-state index contributed by atoms with van der Waals surface area (Å²) in [5.41, 5.74) is 0.734. The van der Waals surface area contributed by atoms with Gasteiger partial charge in [-0.1, -0.05) is 11.6 Å². The lowest BCUT2D eigenvalue weighted by Gasteiger charge is -2.24. The van der Waals surface area contributed by atoms with Crippen LogP contribution in [0, 0.1) is 5.92 Å². The Morgan fingerprint density at radius 2 is 2.04 bits per heavy atom. The number of benzene rings is 1. The average molecular weight is 421 g/mol. The Morgan fingerprint density at radius 1 is 1.25 bits per heavy atom. The van der Waals surface area contributed by atoms with Crippen molar-refractivity contribution in [2.75, 3.05) is 31.2 Å². The highest BCUT2D eigenvalue weighted by atomic mass is 35.5. The van der Waals surface area contributed by atoms with Crippen LogP contribution in [0.4, 0.5) is 5.69 Å². The van der Waals surface area contributed by atoms with Crippen LogP contribution in [0.5, 0.6) is 11.5 Å². The molecule has 1 saturated heterocycles. The molecule has 3 heterocycles. The van der Waals surface area contributed by atoms with Gasteiger partial charge in [0.2, 0.25) is 11.8 Å².